The Hall–Kier alpha value is -0.470. The van der Waals surface area contributed by atoms with Gasteiger partial charge in [-0.1, -0.05) is 44.4 Å². The highest BCUT2D eigenvalue weighted by Crippen LogP contribution is 2.37. The van der Waals surface area contributed by atoms with E-state index < -0.39 is 0 Å². The second-order valence-corrected chi connectivity index (χ2v) is 7.84. The van der Waals surface area contributed by atoms with Gasteiger partial charge in [-0.05, 0) is 50.2 Å². The molecular weight excluding hydrogens is 262 g/mol. The SMILES string of the molecule is CCC(N)Cc1cc(C)ccc1SC1CCCC(C)C1. The predicted octanol–water partition coefficient (Wildman–Crippen LogP) is 4.95. The van der Waals surface area contributed by atoms with Gasteiger partial charge in [0.1, 0.15) is 0 Å². The van der Waals surface area contributed by atoms with E-state index >= 15 is 0 Å². The summed E-state index contributed by atoms with van der Waals surface area (Å²) in [6.07, 6.45) is 7.63. The minimum atomic E-state index is 0.293. The van der Waals surface area contributed by atoms with Crippen LogP contribution in [0.3, 0.4) is 0 Å². The fourth-order valence-electron chi connectivity index (χ4n) is 3.07. The molecule has 3 atom stereocenters. The summed E-state index contributed by atoms with van der Waals surface area (Å²) in [6.45, 7) is 6.75. The minimum Gasteiger partial charge on any atom is -0.327 e. The van der Waals surface area contributed by atoms with Crippen molar-refractivity contribution in [3.8, 4) is 0 Å². The highest BCUT2D eigenvalue weighted by atomic mass is 32.2. The number of benzene rings is 1. The Labute approximate surface area is 128 Å². The number of nitrogens with two attached hydrogens (primary N) is 1. The van der Waals surface area contributed by atoms with Gasteiger partial charge in [0.25, 0.3) is 0 Å². The molecule has 0 saturated heterocycles. The number of aryl methyl sites for hydroxylation is 1. The monoisotopic (exact) mass is 291 g/mol. The summed E-state index contributed by atoms with van der Waals surface area (Å²) < 4.78 is 0. The molecule has 1 aliphatic carbocycles. The summed E-state index contributed by atoms with van der Waals surface area (Å²) >= 11 is 2.10. The molecule has 0 aliphatic heterocycles. The van der Waals surface area contributed by atoms with Gasteiger partial charge >= 0.3 is 0 Å². The van der Waals surface area contributed by atoms with E-state index in [0.717, 1.165) is 24.0 Å². The third kappa shape index (κ3) is 4.53. The molecule has 1 saturated carbocycles. The summed E-state index contributed by atoms with van der Waals surface area (Å²) in [4.78, 5) is 1.47. The van der Waals surface area contributed by atoms with Crippen LogP contribution in [0.15, 0.2) is 23.1 Å². The van der Waals surface area contributed by atoms with Crippen molar-refractivity contribution in [3.63, 3.8) is 0 Å². The van der Waals surface area contributed by atoms with Crippen molar-refractivity contribution >= 4 is 11.8 Å². The molecule has 1 nitrogen and oxygen atoms in total. The van der Waals surface area contributed by atoms with Gasteiger partial charge in [-0.15, -0.1) is 11.8 Å². The maximum atomic E-state index is 6.17. The van der Waals surface area contributed by atoms with E-state index in [2.05, 4.69) is 50.7 Å². The summed E-state index contributed by atoms with van der Waals surface area (Å²) in [5.41, 5.74) is 8.98. The Bertz CT molecular complexity index is 429. The molecule has 1 fully saturated rings. The van der Waals surface area contributed by atoms with Gasteiger partial charge in [0.15, 0.2) is 0 Å². The predicted molar refractivity (Wildman–Crippen MR) is 90.4 cm³/mol. The van der Waals surface area contributed by atoms with E-state index in [1.165, 1.54) is 41.7 Å². The first-order chi connectivity index (χ1) is 9.58. The van der Waals surface area contributed by atoms with Gasteiger partial charge in [-0.25, -0.2) is 0 Å². The van der Waals surface area contributed by atoms with Crippen molar-refractivity contribution in [2.24, 2.45) is 11.7 Å². The number of rotatable bonds is 5. The van der Waals surface area contributed by atoms with Crippen molar-refractivity contribution in [3.05, 3.63) is 29.3 Å². The molecule has 0 spiro atoms. The Balaban J connectivity index is 2.09. The molecule has 0 amide bonds. The normalized spacial score (nSPS) is 24.6. The molecule has 0 bridgehead atoms. The molecular formula is C18H29NS. The maximum Gasteiger partial charge on any atom is 0.0108 e. The second kappa shape index (κ2) is 7.51. The van der Waals surface area contributed by atoms with E-state index in [0.29, 0.717) is 6.04 Å². The lowest BCUT2D eigenvalue weighted by Crippen LogP contribution is -2.22. The molecule has 2 heteroatoms. The zero-order valence-electron chi connectivity index (χ0n) is 13.2. The number of hydrogen-bond acceptors (Lipinski definition) is 2. The molecule has 1 aromatic rings. The molecule has 0 radical (unpaired) electrons. The van der Waals surface area contributed by atoms with Crippen molar-refractivity contribution in [2.45, 2.75) is 75.5 Å². The summed E-state index contributed by atoms with van der Waals surface area (Å²) in [6, 6.07) is 7.19. The van der Waals surface area contributed by atoms with Gasteiger partial charge < -0.3 is 5.73 Å². The summed E-state index contributed by atoms with van der Waals surface area (Å²) in [7, 11) is 0. The van der Waals surface area contributed by atoms with Crippen molar-refractivity contribution in [2.75, 3.05) is 0 Å². The zero-order valence-corrected chi connectivity index (χ0v) is 14.0. The lowest BCUT2D eigenvalue weighted by atomic mass is 9.91. The largest absolute Gasteiger partial charge is 0.327 e. The molecule has 2 N–H and O–H groups in total. The first-order valence-electron chi connectivity index (χ1n) is 8.10. The van der Waals surface area contributed by atoms with Crippen LogP contribution in [0.2, 0.25) is 0 Å². The van der Waals surface area contributed by atoms with Gasteiger partial charge in [0.05, 0.1) is 0 Å². The fourth-order valence-corrected chi connectivity index (χ4v) is 4.58. The topological polar surface area (TPSA) is 26.0 Å². The zero-order chi connectivity index (χ0) is 14.5. The minimum absolute atomic E-state index is 0.293. The molecule has 0 heterocycles. The average Bonchev–Trinajstić information content (AvgIpc) is 2.42. The van der Waals surface area contributed by atoms with Crippen LogP contribution in [-0.2, 0) is 6.42 Å². The lowest BCUT2D eigenvalue weighted by Gasteiger charge is -2.27. The van der Waals surface area contributed by atoms with E-state index in [9.17, 15) is 0 Å². The van der Waals surface area contributed by atoms with E-state index in [-0.39, 0.29) is 0 Å². The third-order valence-corrected chi connectivity index (χ3v) is 5.82. The van der Waals surface area contributed by atoms with Gasteiger partial charge in [0.2, 0.25) is 0 Å². The van der Waals surface area contributed by atoms with Gasteiger partial charge in [0, 0.05) is 16.2 Å². The highest BCUT2D eigenvalue weighted by molar-refractivity contribution is 8.00. The fraction of sp³-hybridized carbons (Fsp3) is 0.667. The molecule has 20 heavy (non-hydrogen) atoms. The molecule has 2 rings (SSSR count). The van der Waals surface area contributed by atoms with Crippen LogP contribution in [0.5, 0.6) is 0 Å². The average molecular weight is 292 g/mol. The van der Waals surface area contributed by atoms with Gasteiger partial charge in [-0.3, -0.25) is 0 Å². The van der Waals surface area contributed by atoms with Gasteiger partial charge in [-0.2, -0.15) is 0 Å². The van der Waals surface area contributed by atoms with Crippen LogP contribution < -0.4 is 5.73 Å². The third-order valence-electron chi connectivity index (χ3n) is 4.40. The van der Waals surface area contributed by atoms with Crippen molar-refractivity contribution < 1.29 is 0 Å². The van der Waals surface area contributed by atoms with Crippen molar-refractivity contribution in [1.29, 1.82) is 0 Å². The van der Waals surface area contributed by atoms with E-state index in [4.69, 9.17) is 5.73 Å². The molecule has 0 aromatic heterocycles. The summed E-state index contributed by atoms with van der Waals surface area (Å²) in [5.74, 6) is 0.896. The van der Waals surface area contributed by atoms with Crippen molar-refractivity contribution in [1.82, 2.24) is 0 Å². The van der Waals surface area contributed by atoms with E-state index in [1.54, 1.807) is 0 Å². The Morgan fingerprint density at radius 1 is 1.35 bits per heavy atom. The van der Waals surface area contributed by atoms with Crippen LogP contribution in [0.25, 0.3) is 0 Å². The molecule has 112 valence electrons. The first kappa shape index (κ1) is 15.9. The Kier molecular flexibility index (Phi) is 5.98. The Morgan fingerprint density at radius 3 is 2.85 bits per heavy atom. The van der Waals surface area contributed by atoms with Crippen LogP contribution in [-0.4, -0.2) is 11.3 Å². The molecule has 1 aliphatic rings. The van der Waals surface area contributed by atoms with Crippen LogP contribution in [0.4, 0.5) is 0 Å². The molecule has 1 aromatic carbocycles. The van der Waals surface area contributed by atoms with Crippen LogP contribution in [0.1, 0.15) is 57.1 Å². The maximum absolute atomic E-state index is 6.17. The standard InChI is InChI=1S/C18H29NS/c1-4-16(19)12-15-10-14(3)8-9-18(15)20-17-7-5-6-13(2)11-17/h8-10,13,16-17H,4-7,11-12,19H2,1-3H3. The molecule has 3 unspecified atom stereocenters. The number of hydrogen-bond donors (Lipinski definition) is 1. The number of thioether (sulfide) groups is 1. The smallest absolute Gasteiger partial charge is 0.0108 e. The van der Waals surface area contributed by atoms with Crippen LogP contribution in [0, 0.1) is 12.8 Å². The quantitative estimate of drug-likeness (QED) is 0.831. The Morgan fingerprint density at radius 2 is 2.15 bits per heavy atom. The first-order valence-corrected chi connectivity index (χ1v) is 8.98. The summed E-state index contributed by atoms with van der Waals surface area (Å²) in [5, 5.41) is 0.804. The highest BCUT2D eigenvalue weighted by Gasteiger charge is 2.21. The van der Waals surface area contributed by atoms with Crippen LogP contribution >= 0.6 is 11.8 Å². The van der Waals surface area contributed by atoms with E-state index in [1.807, 2.05) is 0 Å². The lowest BCUT2D eigenvalue weighted by molar-refractivity contribution is 0.394. The second-order valence-electron chi connectivity index (χ2n) is 6.50.